The van der Waals surface area contributed by atoms with Gasteiger partial charge in [-0.2, -0.15) is 5.10 Å². The quantitative estimate of drug-likeness (QED) is 0.855. The van der Waals surface area contributed by atoms with Gasteiger partial charge in [0.2, 0.25) is 0 Å². The van der Waals surface area contributed by atoms with E-state index in [1.165, 1.54) is 0 Å². The molecule has 0 bridgehead atoms. The highest BCUT2D eigenvalue weighted by atomic mass is 127. The average Bonchev–Trinajstić information content (AvgIpc) is 2.76. The molecule has 0 radical (unpaired) electrons. The fourth-order valence-corrected chi connectivity index (χ4v) is 2.06. The molecule has 1 N–H and O–H groups in total. The van der Waals surface area contributed by atoms with Crippen LogP contribution in [0, 0.1) is 17.4 Å². The van der Waals surface area contributed by atoms with E-state index in [9.17, 15) is 0 Å². The van der Waals surface area contributed by atoms with E-state index in [-0.39, 0.29) is 0 Å². The zero-order valence-corrected chi connectivity index (χ0v) is 12.9. The molecule has 0 aromatic carbocycles. The average molecular weight is 357 g/mol. The summed E-state index contributed by atoms with van der Waals surface area (Å²) in [5.41, 5.74) is 1.02. The number of hydrogen-bond acceptors (Lipinski definition) is 4. The lowest BCUT2D eigenvalue weighted by atomic mass is 10.3. The van der Waals surface area contributed by atoms with E-state index in [0.29, 0.717) is 0 Å². The summed E-state index contributed by atoms with van der Waals surface area (Å²) in [6.45, 7) is 6.95. The minimum absolute atomic E-state index is 0.750. The Morgan fingerprint density at radius 2 is 2.11 bits per heavy atom. The second-order valence-corrected chi connectivity index (χ2v) is 5.34. The number of halogens is 1. The molecule has 2 aromatic heterocycles. The van der Waals surface area contributed by atoms with Crippen LogP contribution in [-0.4, -0.2) is 26.3 Å². The van der Waals surface area contributed by atoms with Crippen molar-refractivity contribution in [3.63, 3.8) is 0 Å². The maximum atomic E-state index is 4.47. The van der Waals surface area contributed by atoms with Crippen LogP contribution in [0.5, 0.6) is 0 Å². The first kappa shape index (κ1) is 13.3. The highest BCUT2D eigenvalue weighted by Crippen LogP contribution is 2.19. The third-order valence-corrected chi connectivity index (χ3v) is 3.10. The summed E-state index contributed by atoms with van der Waals surface area (Å²) in [7, 11) is 0. The van der Waals surface area contributed by atoms with E-state index < -0.39 is 0 Å². The highest BCUT2D eigenvalue weighted by molar-refractivity contribution is 14.1. The molecule has 2 aromatic rings. The Morgan fingerprint density at radius 1 is 1.33 bits per heavy atom. The van der Waals surface area contributed by atoms with Crippen LogP contribution in [0.2, 0.25) is 0 Å². The molecule has 0 fully saturated rings. The highest BCUT2D eigenvalue weighted by Gasteiger charge is 2.11. The maximum Gasteiger partial charge on any atom is 0.162 e. The molecule has 18 heavy (non-hydrogen) atoms. The monoisotopic (exact) mass is 357 g/mol. The fourth-order valence-electron chi connectivity index (χ4n) is 1.67. The van der Waals surface area contributed by atoms with Crippen molar-refractivity contribution in [2.75, 3.05) is 11.9 Å². The van der Waals surface area contributed by atoms with E-state index in [1.54, 1.807) is 4.68 Å². The summed E-state index contributed by atoms with van der Waals surface area (Å²) in [5.74, 6) is 2.48. The summed E-state index contributed by atoms with van der Waals surface area (Å²) < 4.78 is 2.88. The van der Waals surface area contributed by atoms with E-state index in [4.69, 9.17) is 0 Å². The predicted octanol–water partition coefficient (Wildman–Crippen LogP) is 2.71. The Morgan fingerprint density at radius 3 is 2.72 bits per heavy atom. The van der Waals surface area contributed by atoms with Crippen LogP contribution in [0.15, 0.2) is 12.4 Å². The number of nitrogens with zero attached hydrogens (tertiary/aromatic N) is 4. The minimum Gasteiger partial charge on any atom is -0.370 e. The van der Waals surface area contributed by atoms with Crippen LogP contribution < -0.4 is 5.32 Å². The predicted molar refractivity (Wildman–Crippen MR) is 80.1 cm³/mol. The first-order valence-electron chi connectivity index (χ1n) is 5.91. The molecule has 2 rings (SSSR count). The van der Waals surface area contributed by atoms with Gasteiger partial charge in [-0.05, 0) is 42.9 Å². The smallest absolute Gasteiger partial charge is 0.162 e. The van der Waals surface area contributed by atoms with Crippen LogP contribution in [0.4, 0.5) is 5.82 Å². The molecule has 0 unspecified atom stereocenters. The van der Waals surface area contributed by atoms with Gasteiger partial charge in [0.25, 0.3) is 0 Å². The molecule has 0 aliphatic heterocycles. The van der Waals surface area contributed by atoms with Crippen molar-refractivity contribution in [2.24, 2.45) is 0 Å². The summed E-state index contributed by atoms with van der Waals surface area (Å²) in [4.78, 5) is 8.91. The fraction of sp³-hybridized carbons (Fsp3) is 0.417. The Labute approximate surface area is 120 Å². The topological polar surface area (TPSA) is 55.6 Å². The van der Waals surface area contributed by atoms with Crippen molar-refractivity contribution in [2.45, 2.75) is 27.2 Å². The molecule has 0 spiro atoms. The standard InChI is InChI=1S/C12H16IN5/c1-4-5-14-11-8(2)12(17-9(3)16-11)18-7-10(13)6-15-18/h6-7H,4-5H2,1-3H3,(H,14,16,17). The second-order valence-electron chi connectivity index (χ2n) is 4.10. The number of nitrogens with one attached hydrogen (secondary N) is 1. The first-order valence-corrected chi connectivity index (χ1v) is 6.99. The number of aromatic nitrogens is 4. The molecule has 6 heteroatoms. The minimum atomic E-state index is 0.750. The molecule has 96 valence electrons. The van der Waals surface area contributed by atoms with Crippen LogP contribution in [0.1, 0.15) is 24.7 Å². The van der Waals surface area contributed by atoms with E-state index in [1.807, 2.05) is 26.2 Å². The van der Waals surface area contributed by atoms with E-state index >= 15 is 0 Å². The molecular weight excluding hydrogens is 341 g/mol. The summed E-state index contributed by atoms with van der Waals surface area (Å²) in [5, 5.41) is 7.63. The molecule has 0 atom stereocenters. The van der Waals surface area contributed by atoms with Gasteiger partial charge in [0, 0.05) is 18.3 Å². The van der Waals surface area contributed by atoms with Gasteiger partial charge in [-0.25, -0.2) is 14.6 Å². The van der Waals surface area contributed by atoms with Crippen molar-refractivity contribution >= 4 is 28.4 Å². The van der Waals surface area contributed by atoms with Crippen LogP contribution in [0.3, 0.4) is 0 Å². The van der Waals surface area contributed by atoms with Crippen molar-refractivity contribution in [3.05, 3.63) is 27.4 Å². The molecule has 0 saturated heterocycles. The van der Waals surface area contributed by atoms with Crippen LogP contribution >= 0.6 is 22.6 Å². The van der Waals surface area contributed by atoms with Crippen LogP contribution in [-0.2, 0) is 0 Å². The largest absolute Gasteiger partial charge is 0.370 e. The molecule has 0 amide bonds. The van der Waals surface area contributed by atoms with Crippen molar-refractivity contribution in [1.29, 1.82) is 0 Å². The number of aryl methyl sites for hydroxylation is 1. The zero-order valence-electron chi connectivity index (χ0n) is 10.7. The Balaban J connectivity index is 2.44. The SMILES string of the molecule is CCCNc1nc(C)nc(-n2cc(I)cn2)c1C. The summed E-state index contributed by atoms with van der Waals surface area (Å²) in [6, 6.07) is 0. The lowest BCUT2D eigenvalue weighted by molar-refractivity contribution is 0.816. The van der Waals surface area contributed by atoms with Gasteiger partial charge in [0.05, 0.1) is 9.77 Å². The van der Waals surface area contributed by atoms with Crippen LogP contribution in [0.25, 0.3) is 5.82 Å². The van der Waals surface area contributed by atoms with Crippen molar-refractivity contribution in [1.82, 2.24) is 19.7 Å². The summed E-state index contributed by atoms with van der Waals surface area (Å²) in [6.07, 6.45) is 4.84. The van der Waals surface area contributed by atoms with E-state index in [2.05, 4.69) is 49.9 Å². The maximum absolute atomic E-state index is 4.47. The van der Waals surface area contributed by atoms with Crippen molar-refractivity contribution in [3.8, 4) is 5.82 Å². The molecule has 0 aliphatic carbocycles. The molecule has 0 saturated carbocycles. The number of rotatable bonds is 4. The number of anilines is 1. The van der Waals surface area contributed by atoms with Gasteiger partial charge in [0.15, 0.2) is 5.82 Å². The first-order chi connectivity index (χ1) is 8.61. The van der Waals surface area contributed by atoms with Gasteiger partial charge < -0.3 is 5.32 Å². The molecule has 0 aliphatic rings. The van der Waals surface area contributed by atoms with Gasteiger partial charge in [-0.15, -0.1) is 0 Å². The van der Waals surface area contributed by atoms with Gasteiger partial charge in [-0.1, -0.05) is 6.92 Å². The van der Waals surface area contributed by atoms with Gasteiger partial charge in [0.1, 0.15) is 11.6 Å². The number of hydrogen-bond donors (Lipinski definition) is 1. The van der Waals surface area contributed by atoms with Gasteiger partial charge >= 0.3 is 0 Å². The lowest BCUT2D eigenvalue weighted by Crippen LogP contribution is -2.10. The third-order valence-electron chi connectivity index (χ3n) is 2.54. The Hall–Kier alpha value is -1.18. The molecule has 2 heterocycles. The van der Waals surface area contributed by atoms with Gasteiger partial charge in [-0.3, -0.25) is 0 Å². The Kier molecular flexibility index (Phi) is 4.15. The van der Waals surface area contributed by atoms with E-state index in [0.717, 1.165) is 39.6 Å². The zero-order chi connectivity index (χ0) is 13.1. The summed E-state index contributed by atoms with van der Waals surface area (Å²) >= 11 is 2.24. The normalized spacial score (nSPS) is 10.7. The van der Waals surface area contributed by atoms with Crippen molar-refractivity contribution < 1.29 is 0 Å². The molecular formula is C12H16IN5. The Bertz CT molecular complexity index is 549. The second kappa shape index (κ2) is 5.64. The lowest BCUT2D eigenvalue weighted by Gasteiger charge is -2.12. The third kappa shape index (κ3) is 2.80. The molecule has 5 nitrogen and oxygen atoms in total.